The van der Waals surface area contributed by atoms with E-state index in [0.29, 0.717) is 6.07 Å². The molecule has 1 aromatic heterocycles. The lowest BCUT2D eigenvalue weighted by atomic mass is 9.97. The van der Waals surface area contributed by atoms with E-state index >= 15 is 0 Å². The summed E-state index contributed by atoms with van der Waals surface area (Å²) in [7, 11) is 0. The molecular weight excluding hydrogens is 346 g/mol. The Morgan fingerprint density at radius 3 is 2.08 bits per heavy atom. The van der Waals surface area contributed by atoms with Gasteiger partial charge in [-0.25, -0.2) is 4.98 Å². The van der Waals surface area contributed by atoms with Crippen LogP contribution < -0.4 is 5.73 Å². The second kappa shape index (κ2) is 5.65. The van der Waals surface area contributed by atoms with Crippen molar-refractivity contribution in [3.05, 3.63) is 59.8 Å². The normalized spacial score (nSPS) is 12.6. The molecule has 3 aromatic rings. The number of benzene rings is 2. The summed E-state index contributed by atoms with van der Waals surface area (Å²) in [5, 5.41) is -0.0339. The van der Waals surface area contributed by atoms with Gasteiger partial charge in [-0.05, 0) is 35.4 Å². The van der Waals surface area contributed by atoms with Gasteiger partial charge in [-0.15, -0.1) is 0 Å². The average molecular weight is 356 g/mol. The molecule has 2 N–H and O–H groups in total. The topological polar surface area (TPSA) is 38.9 Å². The number of nitrogens with two attached hydrogens (primary N) is 1. The van der Waals surface area contributed by atoms with E-state index in [4.69, 9.17) is 5.73 Å². The first-order valence-electron chi connectivity index (χ1n) is 7.01. The number of rotatable bonds is 1. The summed E-state index contributed by atoms with van der Waals surface area (Å²) in [5.41, 5.74) is 2.82. The second-order valence-corrected chi connectivity index (χ2v) is 5.38. The van der Waals surface area contributed by atoms with E-state index < -0.39 is 29.1 Å². The molecule has 1 heterocycles. The van der Waals surface area contributed by atoms with Crippen LogP contribution in [0.3, 0.4) is 0 Å². The van der Waals surface area contributed by atoms with Gasteiger partial charge < -0.3 is 5.73 Å². The lowest BCUT2D eigenvalue weighted by Crippen LogP contribution is -2.12. The quantitative estimate of drug-likeness (QED) is 0.460. The molecule has 130 valence electrons. The van der Waals surface area contributed by atoms with Crippen molar-refractivity contribution in [2.24, 2.45) is 0 Å². The highest BCUT2D eigenvalue weighted by molar-refractivity contribution is 5.97. The number of halogens is 6. The Morgan fingerprint density at radius 1 is 0.800 bits per heavy atom. The molecule has 0 aliphatic heterocycles. The van der Waals surface area contributed by atoms with Crippen LogP contribution in [0.5, 0.6) is 0 Å². The molecule has 0 aliphatic rings. The fourth-order valence-corrected chi connectivity index (χ4v) is 2.57. The summed E-state index contributed by atoms with van der Waals surface area (Å²) in [6.07, 6.45) is -9.72. The minimum Gasteiger partial charge on any atom is -0.399 e. The minimum absolute atomic E-state index is 0.0178. The van der Waals surface area contributed by atoms with Gasteiger partial charge in [0.1, 0.15) is 5.69 Å². The summed E-state index contributed by atoms with van der Waals surface area (Å²) in [6.45, 7) is 0. The summed E-state index contributed by atoms with van der Waals surface area (Å²) in [5.74, 6) is 0. The molecule has 0 amide bonds. The fraction of sp³-hybridized carbons (Fsp3) is 0.118. The third-order valence-electron chi connectivity index (χ3n) is 3.63. The minimum atomic E-state index is -4.89. The van der Waals surface area contributed by atoms with E-state index in [0.717, 1.165) is 12.1 Å². The maximum Gasteiger partial charge on any atom is 0.433 e. The van der Waals surface area contributed by atoms with Gasteiger partial charge in [0.25, 0.3) is 0 Å². The van der Waals surface area contributed by atoms with Gasteiger partial charge in [-0.3, -0.25) is 0 Å². The molecule has 0 aliphatic carbocycles. The predicted molar refractivity (Wildman–Crippen MR) is 81.6 cm³/mol. The van der Waals surface area contributed by atoms with Gasteiger partial charge in [0, 0.05) is 11.1 Å². The molecule has 2 nitrogen and oxygen atoms in total. The van der Waals surface area contributed by atoms with Crippen molar-refractivity contribution in [3.63, 3.8) is 0 Å². The Hall–Kier alpha value is -2.77. The number of alkyl halides is 6. The zero-order valence-electron chi connectivity index (χ0n) is 12.4. The van der Waals surface area contributed by atoms with E-state index in [9.17, 15) is 26.3 Å². The molecule has 2 aromatic carbocycles. The van der Waals surface area contributed by atoms with E-state index in [1.165, 1.54) is 30.3 Å². The standard InChI is InChI=1S/C17H10F6N2/c18-16(19,20)13-6-2-5-11-12(9-3-1-4-10(24)7-9)8-14(17(21,22)23)25-15(11)13/h1-8H,24H2. The molecule has 0 bridgehead atoms. The Labute approximate surface area is 137 Å². The van der Waals surface area contributed by atoms with Crippen molar-refractivity contribution in [2.45, 2.75) is 12.4 Å². The van der Waals surface area contributed by atoms with E-state index in [2.05, 4.69) is 4.98 Å². The lowest BCUT2D eigenvalue weighted by molar-refractivity contribution is -0.142. The lowest BCUT2D eigenvalue weighted by Gasteiger charge is -2.16. The Kier molecular flexibility index (Phi) is 3.85. The van der Waals surface area contributed by atoms with Crippen LogP contribution in [0.25, 0.3) is 22.0 Å². The highest BCUT2D eigenvalue weighted by Gasteiger charge is 2.37. The summed E-state index contributed by atoms with van der Waals surface area (Å²) < 4.78 is 79.1. The molecule has 0 spiro atoms. The molecule has 0 fully saturated rings. The molecule has 0 unspecified atom stereocenters. The SMILES string of the molecule is Nc1cccc(-c2cc(C(F)(F)F)nc3c(C(F)(F)F)cccc23)c1. The average Bonchev–Trinajstić information content (AvgIpc) is 2.51. The van der Waals surface area contributed by atoms with Crippen molar-refractivity contribution in [3.8, 4) is 11.1 Å². The predicted octanol–water partition coefficient (Wildman–Crippen LogP) is 5.52. The van der Waals surface area contributed by atoms with E-state index in [1.807, 2.05) is 0 Å². The number of fused-ring (bicyclic) bond motifs is 1. The molecular formula is C17H10F6N2. The Balaban J connectivity index is 2.43. The number of aromatic nitrogens is 1. The number of hydrogen-bond donors (Lipinski definition) is 1. The molecule has 0 saturated carbocycles. The first kappa shape index (κ1) is 17.1. The van der Waals surface area contributed by atoms with Crippen LogP contribution in [-0.2, 0) is 12.4 Å². The van der Waals surface area contributed by atoms with Crippen LogP contribution in [0.1, 0.15) is 11.3 Å². The molecule has 8 heteroatoms. The third-order valence-corrected chi connectivity index (χ3v) is 3.63. The fourth-order valence-electron chi connectivity index (χ4n) is 2.57. The van der Waals surface area contributed by atoms with Crippen molar-refractivity contribution >= 4 is 16.6 Å². The summed E-state index contributed by atoms with van der Waals surface area (Å²) in [4.78, 5) is 3.25. The molecule has 0 atom stereocenters. The van der Waals surface area contributed by atoms with Crippen LogP contribution in [0, 0.1) is 0 Å². The van der Waals surface area contributed by atoms with Crippen molar-refractivity contribution in [1.82, 2.24) is 4.98 Å². The van der Waals surface area contributed by atoms with Crippen LogP contribution in [0.15, 0.2) is 48.5 Å². The maximum absolute atomic E-state index is 13.2. The first-order chi connectivity index (χ1) is 11.6. The summed E-state index contributed by atoms with van der Waals surface area (Å²) >= 11 is 0. The second-order valence-electron chi connectivity index (χ2n) is 5.38. The van der Waals surface area contributed by atoms with Crippen molar-refractivity contribution in [2.75, 3.05) is 5.73 Å². The van der Waals surface area contributed by atoms with E-state index in [1.54, 1.807) is 0 Å². The van der Waals surface area contributed by atoms with Gasteiger partial charge in [-0.1, -0.05) is 24.3 Å². The molecule has 0 radical (unpaired) electrons. The number of para-hydroxylation sites is 1. The highest BCUT2D eigenvalue weighted by atomic mass is 19.4. The maximum atomic E-state index is 13.2. The highest BCUT2D eigenvalue weighted by Crippen LogP contribution is 2.40. The molecule has 25 heavy (non-hydrogen) atoms. The number of hydrogen-bond acceptors (Lipinski definition) is 2. The van der Waals surface area contributed by atoms with Crippen LogP contribution in [0.2, 0.25) is 0 Å². The smallest absolute Gasteiger partial charge is 0.399 e. The number of nitrogen functional groups attached to an aromatic ring is 1. The Bertz CT molecular complexity index is 944. The van der Waals surface area contributed by atoms with Gasteiger partial charge in [0.05, 0.1) is 11.1 Å². The van der Waals surface area contributed by atoms with E-state index in [-0.39, 0.29) is 22.2 Å². The molecule has 3 rings (SSSR count). The zero-order valence-corrected chi connectivity index (χ0v) is 12.4. The largest absolute Gasteiger partial charge is 0.433 e. The zero-order chi connectivity index (χ0) is 18.4. The van der Waals surface area contributed by atoms with Crippen LogP contribution in [0.4, 0.5) is 32.0 Å². The van der Waals surface area contributed by atoms with Gasteiger partial charge >= 0.3 is 12.4 Å². The van der Waals surface area contributed by atoms with Gasteiger partial charge in [-0.2, -0.15) is 26.3 Å². The van der Waals surface area contributed by atoms with Crippen molar-refractivity contribution < 1.29 is 26.3 Å². The Morgan fingerprint density at radius 2 is 1.48 bits per heavy atom. The van der Waals surface area contributed by atoms with Crippen molar-refractivity contribution in [1.29, 1.82) is 0 Å². The monoisotopic (exact) mass is 356 g/mol. The van der Waals surface area contributed by atoms with Crippen LogP contribution >= 0.6 is 0 Å². The molecule has 0 saturated heterocycles. The van der Waals surface area contributed by atoms with Gasteiger partial charge in [0.15, 0.2) is 0 Å². The van der Waals surface area contributed by atoms with Crippen LogP contribution in [-0.4, -0.2) is 4.98 Å². The first-order valence-corrected chi connectivity index (χ1v) is 7.01. The van der Waals surface area contributed by atoms with Gasteiger partial charge in [0.2, 0.25) is 0 Å². The number of anilines is 1. The summed E-state index contributed by atoms with van der Waals surface area (Å²) in [6, 6.07) is 9.79. The number of nitrogens with zero attached hydrogens (tertiary/aromatic N) is 1. The third kappa shape index (κ3) is 3.24. The number of pyridine rings is 1.